The molecule has 0 aromatic heterocycles. The number of hydrogen-bond donors (Lipinski definition) is 2. The molecule has 0 spiro atoms. The van der Waals surface area contributed by atoms with Gasteiger partial charge < -0.3 is 10.4 Å². The molecule has 1 heterocycles. The summed E-state index contributed by atoms with van der Waals surface area (Å²) in [5, 5.41) is 12.0. The van der Waals surface area contributed by atoms with Gasteiger partial charge in [0.25, 0.3) is 0 Å². The van der Waals surface area contributed by atoms with Crippen LogP contribution < -0.4 is 5.32 Å². The van der Waals surface area contributed by atoms with Crippen LogP contribution in [0.1, 0.15) is 6.42 Å². The van der Waals surface area contributed by atoms with Gasteiger partial charge in [-0.2, -0.15) is 0 Å². The van der Waals surface area contributed by atoms with Crippen molar-refractivity contribution in [3.8, 4) is 0 Å². The van der Waals surface area contributed by atoms with E-state index in [4.69, 9.17) is 0 Å². The minimum Gasteiger partial charge on any atom is -0.395 e. The van der Waals surface area contributed by atoms with Gasteiger partial charge in [0.05, 0.1) is 18.8 Å². The average Bonchev–Trinajstić information content (AvgIpc) is 2.67. The highest BCUT2D eigenvalue weighted by Crippen LogP contribution is 2.29. The maximum Gasteiger partial charge on any atom is 0.238 e. The summed E-state index contributed by atoms with van der Waals surface area (Å²) in [5.41, 5.74) is 1.38. The zero-order valence-electron chi connectivity index (χ0n) is 14.3. The molecule has 2 amide bonds. The molecule has 2 aromatic rings. The second-order valence-corrected chi connectivity index (χ2v) is 8.22. The highest BCUT2D eigenvalue weighted by molar-refractivity contribution is 14.1. The number of amides is 2. The summed E-state index contributed by atoms with van der Waals surface area (Å²) >= 11 is 3.44. The number of amidine groups is 1. The predicted molar refractivity (Wildman–Crippen MR) is 116 cm³/mol. The fourth-order valence-corrected chi connectivity index (χ4v) is 4.01. The van der Waals surface area contributed by atoms with Gasteiger partial charge in [0.15, 0.2) is 5.17 Å². The van der Waals surface area contributed by atoms with Gasteiger partial charge in [0.1, 0.15) is 5.25 Å². The maximum atomic E-state index is 12.7. The van der Waals surface area contributed by atoms with Crippen molar-refractivity contribution in [2.24, 2.45) is 4.99 Å². The Bertz CT molecular complexity index is 843. The fraction of sp³-hybridized carbons (Fsp3) is 0.211. The summed E-state index contributed by atoms with van der Waals surface area (Å²) in [6.45, 7) is -0.0113. The normalized spacial score (nSPS) is 18.6. The Balaban J connectivity index is 1.79. The molecule has 3 rings (SSSR count). The Morgan fingerprint density at radius 1 is 1.22 bits per heavy atom. The molecule has 1 fully saturated rings. The number of aliphatic hydroxyl groups excluding tert-OH is 1. The van der Waals surface area contributed by atoms with Gasteiger partial charge in [0, 0.05) is 15.7 Å². The Kier molecular flexibility index (Phi) is 6.86. The van der Waals surface area contributed by atoms with Crippen molar-refractivity contribution in [1.29, 1.82) is 0 Å². The lowest BCUT2D eigenvalue weighted by molar-refractivity contribution is -0.129. The SMILES string of the molecule is O=C(Nc1ccc(I)cc1)C1CC(=O)N(CCO)C(=Nc2ccccc2)S1. The molecule has 8 heteroatoms. The third-order valence-corrected chi connectivity index (χ3v) is 5.76. The second-order valence-electron chi connectivity index (χ2n) is 5.81. The highest BCUT2D eigenvalue weighted by atomic mass is 127. The van der Waals surface area contributed by atoms with Crippen molar-refractivity contribution < 1.29 is 14.7 Å². The Morgan fingerprint density at radius 2 is 1.93 bits per heavy atom. The number of halogens is 1. The topological polar surface area (TPSA) is 82.0 Å². The molecular formula is C19H18IN3O3S. The van der Waals surface area contributed by atoms with Crippen LogP contribution in [0.25, 0.3) is 0 Å². The smallest absolute Gasteiger partial charge is 0.238 e. The van der Waals surface area contributed by atoms with E-state index >= 15 is 0 Å². The fourth-order valence-electron chi connectivity index (χ4n) is 2.53. The molecular weight excluding hydrogens is 477 g/mol. The number of hydrogen-bond acceptors (Lipinski definition) is 5. The molecule has 1 saturated heterocycles. The largest absolute Gasteiger partial charge is 0.395 e. The van der Waals surface area contributed by atoms with E-state index in [1.54, 1.807) is 0 Å². The number of anilines is 1. The lowest BCUT2D eigenvalue weighted by Gasteiger charge is -2.31. The van der Waals surface area contributed by atoms with Crippen molar-refractivity contribution in [1.82, 2.24) is 4.90 Å². The quantitative estimate of drug-likeness (QED) is 0.625. The zero-order valence-corrected chi connectivity index (χ0v) is 17.3. The van der Waals surface area contributed by atoms with Gasteiger partial charge in [-0.25, -0.2) is 4.99 Å². The number of thioether (sulfide) groups is 1. The number of carbonyl (C=O) groups excluding carboxylic acids is 2. The number of β-amino-alcohol motifs (C(OH)–C–C–N with tert-alkyl or cyclic N) is 1. The molecule has 27 heavy (non-hydrogen) atoms. The first-order chi connectivity index (χ1) is 13.1. The number of aliphatic imine (C=N–C) groups is 1. The van der Waals surface area contributed by atoms with Crippen LogP contribution in [0.15, 0.2) is 59.6 Å². The van der Waals surface area contributed by atoms with E-state index in [0.29, 0.717) is 16.5 Å². The number of nitrogens with one attached hydrogen (secondary N) is 1. The van der Waals surface area contributed by atoms with Gasteiger partial charge in [0.2, 0.25) is 11.8 Å². The van der Waals surface area contributed by atoms with Crippen LogP contribution in [0.4, 0.5) is 11.4 Å². The summed E-state index contributed by atoms with van der Waals surface area (Å²) < 4.78 is 1.07. The van der Waals surface area contributed by atoms with Crippen molar-refractivity contribution in [3.63, 3.8) is 0 Å². The summed E-state index contributed by atoms with van der Waals surface area (Å²) in [6, 6.07) is 16.7. The van der Waals surface area contributed by atoms with Crippen molar-refractivity contribution >= 4 is 62.7 Å². The molecule has 1 aliphatic rings. The molecule has 6 nitrogen and oxygen atoms in total. The third kappa shape index (κ3) is 5.30. The lowest BCUT2D eigenvalue weighted by atomic mass is 10.2. The van der Waals surface area contributed by atoms with E-state index in [1.807, 2.05) is 54.6 Å². The van der Waals surface area contributed by atoms with E-state index in [1.165, 1.54) is 16.7 Å². The molecule has 1 aliphatic heterocycles. The predicted octanol–water partition coefficient (Wildman–Crippen LogP) is 3.24. The van der Waals surface area contributed by atoms with Crippen molar-refractivity contribution in [3.05, 3.63) is 58.2 Å². The van der Waals surface area contributed by atoms with E-state index in [2.05, 4.69) is 32.9 Å². The first-order valence-corrected chi connectivity index (χ1v) is 10.3. The van der Waals surface area contributed by atoms with E-state index < -0.39 is 5.25 Å². The molecule has 0 saturated carbocycles. The average molecular weight is 495 g/mol. The Hall–Kier alpha value is -1.91. The van der Waals surface area contributed by atoms with Crippen LogP contribution >= 0.6 is 34.4 Å². The number of benzene rings is 2. The summed E-state index contributed by atoms with van der Waals surface area (Å²) in [7, 11) is 0. The lowest BCUT2D eigenvalue weighted by Crippen LogP contribution is -2.46. The summed E-state index contributed by atoms with van der Waals surface area (Å²) in [5.74, 6) is -0.459. The molecule has 2 aromatic carbocycles. The summed E-state index contributed by atoms with van der Waals surface area (Å²) in [6.07, 6.45) is 0.0642. The number of aliphatic hydroxyl groups is 1. The number of para-hydroxylation sites is 1. The van der Waals surface area contributed by atoms with E-state index in [0.717, 1.165) is 3.57 Å². The highest BCUT2D eigenvalue weighted by Gasteiger charge is 2.35. The number of nitrogens with zero attached hydrogens (tertiary/aromatic N) is 2. The summed E-state index contributed by atoms with van der Waals surface area (Å²) in [4.78, 5) is 31.1. The van der Waals surface area contributed by atoms with Gasteiger partial charge in [-0.15, -0.1) is 0 Å². The maximum absolute atomic E-state index is 12.7. The number of rotatable bonds is 5. The molecule has 0 radical (unpaired) electrons. The molecule has 1 unspecified atom stereocenters. The minimum absolute atomic E-state index is 0.0642. The number of carbonyl (C=O) groups is 2. The van der Waals surface area contributed by atoms with E-state index in [9.17, 15) is 14.7 Å². The van der Waals surface area contributed by atoms with Crippen LogP contribution in [0, 0.1) is 3.57 Å². The zero-order chi connectivity index (χ0) is 19.2. The standard InChI is InChI=1S/C19H18IN3O3S/c20-13-6-8-15(9-7-13)21-18(26)16-12-17(25)23(10-11-24)19(27-16)22-14-4-2-1-3-5-14/h1-9,16,24H,10-12H2,(H,21,26). The van der Waals surface area contributed by atoms with Gasteiger partial charge >= 0.3 is 0 Å². The van der Waals surface area contributed by atoms with Crippen LogP contribution in [0.3, 0.4) is 0 Å². The monoisotopic (exact) mass is 495 g/mol. The first-order valence-electron chi connectivity index (χ1n) is 8.35. The van der Waals surface area contributed by atoms with Crippen LogP contribution in [-0.2, 0) is 9.59 Å². The third-order valence-electron chi connectivity index (χ3n) is 3.85. The Morgan fingerprint density at radius 3 is 2.59 bits per heavy atom. The van der Waals surface area contributed by atoms with E-state index in [-0.39, 0.29) is 31.4 Å². The molecule has 0 bridgehead atoms. The van der Waals surface area contributed by atoms with Crippen LogP contribution in [0.2, 0.25) is 0 Å². The molecule has 2 N–H and O–H groups in total. The molecule has 0 aliphatic carbocycles. The van der Waals surface area contributed by atoms with Gasteiger partial charge in [-0.05, 0) is 59.0 Å². The van der Waals surface area contributed by atoms with Gasteiger partial charge in [-0.1, -0.05) is 30.0 Å². The molecule has 140 valence electrons. The van der Waals surface area contributed by atoms with Crippen molar-refractivity contribution in [2.45, 2.75) is 11.7 Å². The van der Waals surface area contributed by atoms with Crippen LogP contribution in [0.5, 0.6) is 0 Å². The minimum atomic E-state index is -0.575. The van der Waals surface area contributed by atoms with Crippen LogP contribution in [-0.4, -0.2) is 45.4 Å². The van der Waals surface area contributed by atoms with Crippen molar-refractivity contribution in [2.75, 3.05) is 18.5 Å². The first kappa shape index (κ1) is 19.8. The Labute approximate surface area is 175 Å². The second kappa shape index (κ2) is 9.34. The van der Waals surface area contributed by atoms with Gasteiger partial charge in [-0.3, -0.25) is 14.5 Å². The molecule has 1 atom stereocenters.